The van der Waals surface area contributed by atoms with Gasteiger partial charge in [-0.25, -0.2) is 0 Å². The molecule has 0 N–H and O–H groups in total. The molecule has 4 bridgehead atoms. The van der Waals surface area contributed by atoms with Crippen LogP contribution in [0.1, 0.15) is 52.4 Å². The molecule has 0 amide bonds. The van der Waals surface area contributed by atoms with Crippen LogP contribution >= 0.6 is 0 Å². The number of hydrogen-bond donors (Lipinski definition) is 0. The summed E-state index contributed by atoms with van der Waals surface area (Å²) in [5.74, 6) is 2.08. The molecule has 0 aromatic heterocycles. The van der Waals surface area contributed by atoms with E-state index in [1.165, 1.54) is 19.3 Å². The lowest BCUT2D eigenvalue weighted by Gasteiger charge is -2.55. The molecule has 0 saturated heterocycles. The van der Waals surface area contributed by atoms with E-state index >= 15 is 0 Å². The Labute approximate surface area is 148 Å². The minimum Gasteiger partial charge on any atom is -0.422 e. The molecule has 0 aliphatic heterocycles. The van der Waals surface area contributed by atoms with Crippen LogP contribution in [-0.2, 0) is 9.59 Å². The fraction of sp³-hybridized carbons (Fsp3) is 0.619. The lowest BCUT2D eigenvalue weighted by Crippen LogP contribution is -2.51. The molecule has 4 fully saturated rings. The SMILES string of the molecule is CC(C)C(=O)Oc1ccccc1OC(=O)C12CC3CC(CC(C3)C1)C2. The fourth-order valence-corrected chi connectivity index (χ4v) is 5.41. The Morgan fingerprint density at radius 2 is 1.40 bits per heavy atom. The number of rotatable bonds is 4. The summed E-state index contributed by atoms with van der Waals surface area (Å²) in [5.41, 5.74) is -0.316. The van der Waals surface area contributed by atoms with Gasteiger partial charge in [0, 0.05) is 0 Å². The number of para-hydroxylation sites is 2. The minimum absolute atomic E-state index is 0.125. The van der Waals surface area contributed by atoms with Gasteiger partial charge in [0.1, 0.15) is 0 Å². The van der Waals surface area contributed by atoms with E-state index in [1.54, 1.807) is 38.1 Å². The third-order valence-corrected chi connectivity index (χ3v) is 6.21. The van der Waals surface area contributed by atoms with Crippen LogP contribution in [0, 0.1) is 29.1 Å². The van der Waals surface area contributed by atoms with Crippen molar-refractivity contribution >= 4 is 11.9 Å². The van der Waals surface area contributed by atoms with Crippen molar-refractivity contribution in [2.75, 3.05) is 0 Å². The van der Waals surface area contributed by atoms with E-state index in [-0.39, 0.29) is 23.3 Å². The number of carbonyl (C=O) groups is 2. The van der Waals surface area contributed by atoms with Crippen molar-refractivity contribution in [3.05, 3.63) is 24.3 Å². The van der Waals surface area contributed by atoms with Gasteiger partial charge >= 0.3 is 11.9 Å². The molecule has 0 atom stereocenters. The number of esters is 2. The quantitative estimate of drug-likeness (QED) is 0.602. The van der Waals surface area contributed by atoms with Crippen LogP contribution in [0.5, 0.6) is 11.5 Å². The minimum atomic E-state index is -0.321. The average Bonchev–Trinajstić information content (AvgIpc) is 2.55. The van der Waals surface area contributed by atoms with Gasteiger partial charge in [-0.2, -0.15) is 0 Å². The average molecular weight is 342 g/mol. The first-order chi connectivity index (χ1) is 11.9. The normalized spacial score (nSPS) is 32.7. The van der Waals surface area contributed by atoms with E-state index in [1.807, 2.05) is 0 Å². The molecule has 1 aromatic carbocycles. The molecule has 25 heavy (non-hydrogen) atoms. The van der Waals surface area contributed by atoms with E-state index in [0.717, 1.165) is 19.3 Å². The number of benzene rings is 1. The third kappa shape index (κ3) is 3.07. The molecule has 0 heterocycles. The smallest absolute Gasteiger partial charge is 0.317 e. The molecule has 4 heteroatoms. The van der Waals surface area contributed by atoms with Gasteiger partial charge in [-0.05, 0) is 68.4 Å². The molecule has 134 valence electrons. The maximum atomic E-state index is 13.1. The van der Waals surface area contributed by atoms with Crippen LogP contribution < -0.4 is 9.47 Å². The van der Waals surface area contributed by atoms with Crippen molar-refractivity contribution in [2.45, 2.75) is 52.4 Å². The summed E-state index contributed by atoms with van der Waals surface area (Å²) < 4.78 is 11.2. The highest BCUT2D eigenvalue weighted by atomic mass is 16.6. The Bertz CT molecular complexity index is 656. The molecule has 4 saturated carbocycles. The number of hydrogen-bond acceptors (Lipinski definition) is 4. The third-order valence-electron chi connectivity index (χ3n) is 6.21. The largest absolute Gasteiger partial charge is 0.422 e. The first-order valence-corrected chi connectivity index (χ1v) is 9.48. The Hall–Kier alpha value is -1.84. The summed E-state index contributed by atoms with van der Waals surface area (Å²) in [6.45, 7) is 3.57. The highest BCUT2D eigenvalue weighted by molar-refractivity contribution is 5.81. The van der Waals surface area contributed by atoms with E-state index < -0.39 is 0 Å². The van der Waals surface area contributed by atoms with Gasteiger partial charge in [-0.3, -0.25) is 9.59 Å². The van der Waals surface area contributed by atoms with Gasteiger partial charge in [-0.1, -0.05) is 26.0 Å². The lowest BCUT2D eigenvalue weighted by atomic mass is 9.49. The predicted octanol–water partition coefficient (Wildman–Crippen LogP) is 4.37. The highest BCUT2D eigenvalue weighted by Crippen LogP contribution is 2.60. The van der Waals surface area contributed by atoms with Crippen molar-refractivity contribution in [1.82, 2.24) is 0 Å². The van der Waals surface area contributed by atoms with Gasteiger partial charge < -0.3 is 9.47 Å². The molecular weight excluding hydrogens is 316 g/mol. The van der Waals surface area contributed by atoms with E-state index in [4.69, 9.17) is 9.47 Å². The summed E-state index contributed by atoms with van der Waals surface area (Å²) in [5, 5.41) is 0. The van der Waals surface area contributed by atoms with Crippen molar-refractivity contribution in [1.29, 1.82) is 0 Å². The standard InChI is InChI=1S/C21H26O4/c1-13(2)19(22)24-17-5-3-4-6-18(17)25-20(23)21-10-14-7-15(11-21)9-16(8-14)12-21/h3-6,13-16H,7-12H2,1-2H3. The van der Waals surface area contributed by atoms with Crippen LogP contribution in [0.25, 0.3) is 0 Å². The predicted molar refractivity (Wildman–Crippen MR) is 93.2 cm³/mol. The molecule has 5 rings (SSSR count). The topological polar surface area (TPSA) is 52.6 Å². The van der Waals surface area contributed by atoms with Crippen LogP contribution in [0.3, 0.4) is 0 Å². The molecule has 4 aliphatic carbocycles. The van der Waals surface area contributed by atoms with Crippen LogP contribution in [0.2, 0.25) is 0 Å². The Morgan fingerprint density at radius 3 is 1.88 bits per heavy atom. The van der Waals surface area contributed by atoms with Crippen LogP contribution in [-0.4, -0.2) is 11.9 Å². The zero-order valence-corrected chi connectivity index (χ0v) is 15.0. The summed E-state index contributed by atoms with van der Waals surface area (Å²) >= 11 is 0. The van der Waals surface area contributed by atoms with Crippen molar-refractivity contribution in [2.24, 2.45) is 29.1 Å². The first-order valence-electron chi connectivity index (χ1n) is 9.48. The maximum Gasteiger partial charge on any atom is 0.317 e. The fourth-order valence-electron chi connectivity index (χ4n) is 5.41. The molecule has 4 nitrogen and oxygen atoms in total. The van der Waals surface area contributed by atoms with Crippen LogP contribution in [0.15, 0.2) is 24.3 Å². The summed E-state index contributed by atoms with van der Waals surface area (Å²) in [4.78, 5) is 25.0. The molecule has 0 radical (unpaired) electrons. The highest BCUT2D eigenvalue weighted by Gasteiger charge is 2.55. The summed E-state index contributed by atoms with van der Waals surface area (Å²) in [6, 6.07) is 6.98. The Morgan fingerprint density at radius 1 is 0.920 bits per heavy atom. The maximum absolute atomic E-state index is 13.1. The van der Waals surface area contributed by atoms with Gasteiger partial charge in [-0.15, -0.1) is 0 Å². The zero-order valence-electron chi connectivity index (χ0n) is 15.0. The van der Waals surface area contributed by atoms with Crippen molar-refractivity contribution in [3.8, 4) is 11.5 Å². The van der Waals surface area contributed by atoms with Crippen molar-refractivity contribution < 1.29 is 19.1 Å². The second-order valence-corrected chi connectivity index (χ2v) is 8.61. The van der Waals surface area contributed by atoms with E-state index in [0.29, 0.717) is 29.3 Å². The number of carbonyl (C=O) groups excluding carboxylic acids is 2. The molecule has 1 aromatic rings. The number of ether oxygens (including phenoxy) is 2. The molecular formula is C21H26O4. The molecule has 0 unspecified atom stereocenters. The first kappa shape index (κ1) is 16.6. The second kappa shape index (κ2) is 6.15. The monoisotopic (exact) mass is 342 g/mol. The Kier molecular flexibility index (Phi) is 4.09. The van der Waals surface area contributed by atoms with E-state index in [2.05, 4.69) is 0 Å². The summed E-state index contributed by atoms with van der Waals surface area (Å²) in [7, 11) is 0. The lowest BCUT2D eigenvalue weighted by molar-refractivity contribution is -0.161. The Balaban J connectivity index is 1.53. The van der Waals surface area contributed by atoms with Gasteiger partial charge in [0.25, 0.3) is 0 Å². The van der Waals surface area contributed by atoms with E-state index in [9.17, 15) is 9.59 Å². The summed E-state index contributed by atoms with van der Waals surface area (Å²) in [6.07, 6.45) is 6.75. The molecule has 0 spiro atoms. The molecule has 4 aliphatic rings. The van der Waals surface area contributed by atoms with Gasteiger partial charge in [0.05, 0.1) is 11.3 Å². The van der Waals surface area contributed by atoms with Gasteiger partial charge in [0.2, 0.25) is 0 Å². The second-order valence-electron chi connectivity index (χ2n) is 8.61. The van der Waals surface area contributed by atoms with Gasteiger partial charge in [0.15, 0.2) is 11.5 Å². The van der Waals surface area contributed by atoms with Crippen LogP contribution in [0.4, 0.5) is 0 Å². The zero-order chi connectivity index (χ0) is 17.6. The van der Waals surface area contributed by atoms with Crippen molar-refractivity contribution in [3.63, 3.8) is 0 Å².